The van der Waals surface area contributed by atoms with Gasteiger partial charge in [-0.25, -0.2) is 0 Å². The van der Waals surface area contributed by atoms with Gasteiger partial charge in [-0.3, -0.25) is 4.79 Å². The van der Waals surface area contributed by atoms with Crippen molar-refractivity contribution in [1.82, 2.24) is 10.2 Å². The molecule has 24 heavy (non-hydrogen) atoms. The molecule has 0 unspecified atom stereocenters. The number of benzene rings is 1. The van der Waals surface area contributed by atoms with Crippen molar-refractivity contribution in [3.8, 4) is 17.2 Å². The standard InChI is InChI=1S/C18H28N2O4/c1-22-15-12-14(13-16(23-2)17(15)24-3)18(21)19-8-4-5-9-20-10-6-7-11-20/h12-13H,4-11H2,1-3H3,(H,19,21). The fourth-order valence-corrected chi connectivity index (χ4v) is 2.98. The second-order valence-corrected chi connectivity index (χ2v) is 5.93. The molecule has 1 fully saturated rings. The first kappa shape index (κ1) is 18.4. The number of likely N-dealkylation sites (tertiary alicyclic amines) is 1. The number of methoxy groups -OCH3 is 3. The van der Waals surface area contributed by atoms with Crippen LogP contribution in [0.2, 0.25) is 0 Å². The van der Waals surface area contributed by atoms with E-state index in [4.69, 9.17) is 14.2 Å². The van der Waals surface area contributed by atoms with Gasteiger partial charge in [-0.15, -0.1) is 0 Å². The molecule has 0 atom stereocenters. The fraction of sp³-hybridized carbons (Fsp3) is 0.611. The molecule has 1 aromatic rings. The molecule has 2 rings (SSSR count). The Bertz CT molecular complexity index is 517. The largest absolute Gasteiger partial charge is 0.493 e. The summed E-state index contributed by atoms with van der Waals surface area (Å²) < 4.78 is 15.8. The number of nitrogens with one attached hydrogen (secondary N) is 1. The van der Waals surface area contributed by atoms with E-state index in [0.29, 0.717) is 29.4 Å². The highest BCUT2D eigenvalue weighted by atomic mass is 16.5. The minimum Gasteiger partial charge on any atom is -0.493 e. The third kappa shape index (κ3) is 4.77. The third-order valence-corrected chi connectivity index (χ3v) is 4.31. The fourth-order valence-electron chi connectivity index (χ4n) is 2.98. The van der Waals surface area contributed by atoms with E-state index in [-0.39, 0.29) is 5.91 Å². The topological polar surface area (TPSA) is 60.0 Å². The highest BCUT2D eigenvalue weighted by Gasteiger charge is 2.16. The summed E-state index contributed by atoms with van der Waals surface area (Å²) >= 11 is 0. The molecule has 1 amide bonds. The van der Waals surface area contributed by atoms with Crippen LogP contribution in [0.5, 0.6) is 17.2 Å². The van der Waals surface area contributed by atoms with E-state index in [1.165, 1.54) is 40.2 Å². The summed E-state index contributed by atoms with van der Waals surface area (Å²) in [6.45, 7) is 4.24. The highest BCUT2D eigenvalue weighted by molar-refractivity contribution is 5.95. The van der Waals surface area contributed by atoms with Crippen LogP contribution in [0.4, 0.5) is 0 Å². The zero-order chi connectivity index (χ0) is 17.4. The lowest BCUT2D eigenvalue weighted by atomic mass is 10.1. The van der Waals surface area contributed by atoms with Gasteiger partial charge in [-0.2, -0.15) is 0 Å². The molecule has 1 heterocycles. The number of unbranched alkanes of at least 4 members (excludes halogenated alkanes) is 1. The molecular weight excluding hydrogens is 308 g/mol. The molecule has 1 saturated heterocycles. The molecule has 134 valence electrons. The van der Waals surface area contributed by atoms with E-state index >= 15 is 0 Å². The number of rotatable bonds is 9. The molecule has 0 bridgehead atoms. The summed E-state index contributed by atoms with van der Waals surface area (Å²) in [5.41, 5.74) is 0.504. The summed E-state index contributed by atoms with van der Waals surface area (Å²) in [6.07, 6.45) is 4.72. The second kappa shape index (κ2) is 9.37. The smallest absolute Gasteiger partial charge is 0.251 e. The van der Waals surface area contributed by atoms with Crippen LogP contribution in [0.25, 0.3) is 0 Å². The molecule has 0 radical (unpaired) electrons. The first-order chi connectivity index (χ1) is 11.7. The maximum Gasteiger partial charge on any atom is 0.251 e. The Labute approximate surface area is 144 Å². The quantitative estimate of drug-likeness (QED) is 0.701. The van der Waals surface area contributed by atoms with Crippen LogP contribution in [-0.4, -0.2) is 58.3 Å². The van der Waals surface area contributed by atoms with Gasteiger partial charge in [0.05, 0.1) is 21.3 Å². The van der Waals surface area contributed by atoms with Crippen molar-refractivity contribution in [3.05, 3.63) is 17.7 Å². The SMILES string of the molecule is COc1cc(C(=O)NCCCCN2CCCC2)cc(OC)c1OC. The molecule has 1 aliphatic heterocycles. The molecular formula is C18H28N2O4. The Morgan fingerprint density at radius 2 is 1.67 bits per heavy atom. The monoisotopic (exact) mass is 336 g/mol. The van der Waals surface area contributed by atoms with Gasteiger partial charge in [0.2, 0.25) is 5.75 Å². The van der Waals surface area contributed by atoms with Crippen molar-refractivity contribution in [2.24, 2.45) is 0 Å². The zero-order valence-corrected chi connectivity index (χ0v) is 14.9. The van der Waals surface area contributed by atoms with Crippen molar-refractivity contribution in [2.45, 2.75) is 25.7 Å². The van der Waals surface area contributed by atoms with Crippen LogP contribution in [0.1, 0.15) is 36.0 Å². The van der Waals surface area contributed by atoms with Crippen LogP contribution in [0.15, 0.2) is 12.1 Å². The highest BCUT2D eigenvalue weighted by Crippen LogP contribution is 2.38. The first-order valence-corrected chi connectivity index (χ1v) is 8.50. The number of carbonyl (C=O) groups excluding carboxylic acids is 1. The zero-order valence-electron chi connectivity index (χ0n) is 14.9. The Kier molecular flexibility index (Phi) is 7.18. The summed E-state index contributed by atoms with van der Waals surface area (Å²) in [7, 11) is 4.62. The lowest BCUT2D eigenvalue weighted by molar-refractivity contribution is 0.0952. The molecule has 0 spiro atoms. The van der Waals surface area contributed by atoms with Gasteiger partial charge < -0.3 is 24.4 Å². The van der Waals surface area contributed by atoms with E-state index in [1.807, 2.05) is 0 Å². The van der Waals surface area contributed by atoms with Crippen LogP contribution in [-0.2, 0) is 0 Å². The predicted molar refractivity (Wildman–Crippen MR) is 93.3 cm³/mol. The number of carbonyl (C=O) groups is 1. The number of nitrogens with zero attached hydrogens (tertiary/aromatic N) is 1. The number of amides is 1. The molecule has 6 heteroatoms. The van der Waals surface area contributed by atoms with Crippen molar-refractivity contribution < 1.29 is 19.0 Å². The molecule has 1 aromatic carbocycles. The van der Waals surface area contributed by atoms with E-state index in [9.17, 15) is 4.79 Å². The predicted octanol–water partition coefficient (Wildman–Crippen LogP) is 2.32. The summed E-state index contributed by atoms with van der Waals surface area (Å²) in [4.78, 5) is 14.8. The third-order valence-electron chi connectivity index (χ3n) is 4.31. The average Bonchev–Trinajstić information content (AvgIpc) is 3.13. The number of hydrogen-bond donors (Lipinski definition) is 1. The van der Waals surface area contributed by atoms with Crippen LogP contribution in [0, 0.1) is 0 Å². The molecule has 1 N–H and O–H groups in total. The summed E-state index contributed by atoms with van der Waals surface area (Å²) in [5.74, 6) is 1.32. The molecule has 0 aliphatic carbocycles. The summed E-state index contributed by atoms with van der Waals surface area (Å²) in [5, 5.41) is 2.96. The molecule has 1 aliphatic rings. The van der Waals surface area contributed by atoms with E-state index in [1.54, 1.807) is 19.2 Å². The van der Waals surface area contributed by atoms with E-state index < -0.39 is 0 Å². The van der Waals surface area contributed by atoms with Gasteiger partial charge in [0, 0.05) is 12.1 Å². The van der Waals surface area contributed by atoms with Gasteiger partial charge in [0.1, 0.15) is 0 Å². The van der Waals surface area contributed by atoms with E-state index in [0.717, 1.165) is 19.4 Å². The van der Waals surface area contributed by atoms with Crippen LogP contribution < -0.4 is 19.5 Å². The maximum absolute atomic E-state index is 12.3. The van der Waals surface area contributed by atoms with Gasteiger partial charge in [0.25, 0.3) is 5.91 Å². The Morgan fingerprint density at radius 3 is 2.21 bits per heavy atom. The Hall–Kier alpha value is -1.95. The summed E-state index contributed by atoms with van der Waals surface area (Å²) in [6, 6.07) is 3.34. The normalized spacial score (nSPS) is 14.5. The lowest BCUT2D eigenvalue weighted by Gasteiger charge is -2.15. The average molecular weight is 336 g/mol. The Balaban J connectivity index is 1.84. The van der Waals surface area contributed by atoms with Gasteiger partial charge in [-0.05, 0) is 57.5 Å². The second-order valence-electron chi connectivity index (χ2n) is 5.93. The molecule has 0 aromatic heterocycles. The van der Waals surface area contributed by atoms with Crippen molar-refractivity contribution in [3.63, 3.8) is 0 Å². The minimum atomic E-state index is -0.129. The maximum atomic E-state index is 12.3. The van der Waals surface area contributed by atoms with Crippen LogP contribution >= 0.6 is 0 Å². The molecule has 6 nitrogen and oxygen atoms in total. The van der Waals surface area contributed by atoms with Gasteiger partial charge in [-0.1, -0.05) is 0 Å². The number of ether oxygens (including phenoxy) is 3. The first-order valence-electron chi connectivity index (χ1n) is 8.50. The van der Waals surface area contributed by atoms with Crippen molar-refractivity contribution >= 4 is 5.91 Å². The Morgan fingerprint density at radius 1 is 1.04 bits per heavy atom. The van der Waals surface area contributed by atoms with Gasteiger partial charge >= 0.3 is 0 Å². The van der Waals surface area contributed by atoms with Crippen molar-refractivity contribution in [1.29, 1.82) is 0 Å². The lowest BCUT2D eigenvalue weighted by Crippen LogP contribution is -2.26. The van der Waals surface area contributed by atoms with Crippen molar-refractivity contribution in [2.75, 3.05) is 47.5 Å². The van der Waals surface area contributed by atoms with Crippen LogP contribution in [0.3, 0.4) is 0 Å². The minimum absolute atomic E-state index is 0.129. The molecule has 0 saturated carbocycles. The van der Waals surface area contributed by atoms with Gasteiger partial charge in [0.15, 0.2) is 11.5 Å². The van der Waals surface area contributed by atoms with E-state index in [2.05, 4.69) is 10.2 Å². The number of hydrogen-bond acceptors (Lipinski definition) is 5.